The molecule has 0 N–H and O–H groups in total. The van der Waals surface area contributed by atoms with Crippen molar-refractivity contribution >= 4 is 23.5 Å². The highest BCUT2D eigenvalue weighted by atomic mass is 35.5. The topological polar surface area (TPSA) is 65.1 Å². The van der Waals surface area contributed by atoms with Crippen LogP contribution >= 0.6 is 11.6 Å². The normalized spacial score (nSPS) is 15.3. The summed E-state index contributed by atoms with van der Waals surface area (Å²) in [7, 11) is 3.09. The summed E-state index contributed by atoms with van der Waals surface area (Å²) in [5.41, 5.74) is 0.638. The van der Waals surface area contributed by atoms with Crippen LogP contribution in [0.25, 0.3) is 0 Å². The molecule has 2 aromatic carbocycles. The first-order chi connectivity index (χ1) is 14.9. The second-order valence-electron chi connectivity index (χ2n) is 7.63. The summed E-state index contributed by atoms with van der Waals surface area (Å²) in [5.74, 6) is 0.691. The second-order valence-corrected chi connectivity index (χ2v) is 8.03. The summed E-state index contributed by atoms with van der Waals surface area (Å²) < 4.78 is 16.1. The van der Waals surface area contributed by atoms with Crippen LogP contribution in [0.4, 0.5) is 0 Å². The van der Waals surface area contributed by atoms with E-state index < -0.39 is 5.41 Å². The molecule has 0 spiro atoms. The van der Waals surface area contributed by atoms with E-state index in [1.54, 1.807) is 37.1 Å². The van der Waals surface area contributed by atoms with Crippen LogP contribution < -0.4 is 9.47 Å². The molecule has 0 atom stereocenters. The summed E-state index contributed by atoms with van der Waals surface area (Å²) in [5, 5.41) is 0.630. The van der Waals surface area contributed by atoms with Gasteiger partial charge in [0.25, 0.3) is 5.91 Å². The van der Waals surface area contributed by atoms with Gasteiger partial charge in [-0.25, -0.2) is 0 Å². The van der Waals surface area contributed by atoms with E-state index >= 15 is 0 Å². The fraction of sp³-hybridized carbons (Fsp3) is 0.417. The molecular weight excluding hydrogens is 418 g/mol. The van der Waals surface area contributed by atoms with Gasteiger partial charge in [0.05, 0.1) is 31.8 Å². The SMILES string of the molecule is CCOC(=O)C1(Cc2ccccc2Cl)CCN(C(=O)c2cc(OC)ccc2OC)CC1. The molecule has 0 aliphatic carbocycles. The zero-order valence-electron chi connectivity index (χ0n) is 18.2. The first-order valence-corrected chi connectivity index (χ1v) is 10.7. The third-order valence-electron chi connectivity index (χ3n) is 5.84. The molecule has 1 heterocycles. The monoisotopic (exact) mass is 445 g/mol. The van der Waals surface area contributed by atoms with Gasteiger partial charge in [0.2, 0.25) is 0 Å². The minimum atomic E-state index is -0.712. The highest BCUT2D eigenvalue weighted by molar-refractivity contribution is 6.31. The number of esters is 1. The maximum Gasteiger partial charge on any atom is 0.312 e. The molecule has 1 saturated heterocycles. The van der Waals surface area contributed by atoms with Crippen LogP contribution in [0.3, 0.4) is 0 Å². The van der Waals surface area contributed by atoms with E-state index in [4.69, 9.17) is 25.8 Å². The van der Waals surface area contributed by atoms with E-state index in [9.17, 15) is 9.59 Å². The summed E-state index contributed by atoms with van der Waals surface area (Å²) in [6.45, 7) is 2.98. The summed E-state index contributed by atoms with van der Waals surface area (Å²) in [6, 6.07) is 12.7. The Kier molecular flexibility index (Phi) is 7.44. The van der Waals surface area contributed by atoms with E-state index in [-0.39, 0.29) is 11.9 Å². The van der Waals surface area contributed by atoms with Crippen LogP contribution in [0, 0.1) is 5.41 Å². The fourth-order valence-electron chi connectivity index (χ4n) is 4.03. The van der Waals surface area contributed by atoms with Gasteiger partial charge in [-0.2, -0.15) is 0 Å². The molecule has 31 heavy (non-hydrogen) atoms. The van der Waals surface area contributed by atoms with Crippen molar-refractivity contribution in [1.82, 2.24) is 4.90 Å². The first kappa shape index (κ1) is 22.9. The molecule has 0 radical (unpaired) electrons. The number of rotatable bonds is 7. The van der Waals surface area contributed by atoms with Crippen molar-refractivity contribution in [3.05, 3.63) is 58.6 Å². The van der Waals surface area contributed by atoms with Gasteiger partial charge in [0.15, 0.2) is 0 Å². The zero-order valence-corrected chi connectivity index (χ0v) is 18.9. The van der Waals surface area contributed by atoms with E-state index in [1.807, 2.05) is 24.3 Å². The van der Waals surface area contributed by atoms with Gasteiger partial charge < -0.3 is 19.1 Å². The smallest absolute Gasteiger partial charge is 0.312 e. The van der Waals surface area contributed by atoms with E-state index in [2.05, 4.69) is 0 Å². The van der Waals surface area contributed by atoms with Gasteiger partial charge in [-0.1, -0.05) is 29.8 Å². The average molecular weight is 446 g/mol. The number of carbonyl (C=O) groups excluding carboxylic acids is 2. The maximum absolute atomic E-state index is 13.2. The Morgan fingerprint density at radius 1 is 1.06 bits per heavy atom. The summed E-state index contributed by atoms with van der Waals surface area (Å²) in [6.07, 6.45) is 1.47. The van der Waals surface area contributed by atoms with E-state index in [0.717, 1.165) is 5.56 Å². The van der Waals surface area contributed by atoms with Gasteiger partial charge >= 0.3 is 5.97 Å². The van der Waals surface area contributed by atoms with Gasteiger partial charge in [0, 0.05) is 18.1 Å². The quantitative estimate of drug-likeness (QED) is 0.591. The molecule has 1 aliphatic heterocycles. The van der Waals surface area contributed by atoms with E-state index in [0.29, 0.717) is 61.0 Å². The molecule has 3 rings (SSSR count). The van der Waals surface area contributed by atoms with Gasteiger partial charge in [0.1, 0.15) is 11.5 Å². The van der Waals surface area contributed by atoms with Gasteiger partial charge in [-0.3, -0.25) is 9.59 Å². The number of carbonyl (C=O) groups is 2. The van der Waals surface area contributed by atoms with Crippen LogP contribution in [0.1, 0.15) is 35.7 Å². The molecule has 0 bridgehead atoms. The van der Waals surface area contributed by atoms with Gasteiger partial charge in [-0.15, -0.1) is 0 Å². The average Bonchev–Trinajstić information content (AvgIpc) is 2.80. The summed E-state index contributed by atoms with van der Waals surface area (Å²) >= 11 is 6.37. The Balaban J connectivity index is 1.82. The molecule has 1 aliphatic rings. The van der Waals surface area contributed by atoms with Crippen LogP contribution in [0.15, 0.2) is 42.5 Å². The largest absolute Gasteiger partial charge is 0.497 e. The highest BCUT2D eigenvalue weighted by Gasteiger charge is 2.44. The maximum atomic E-state index is 13.2. The Morgan fingerprint density at radius 2 is 1.77 bits per heavy atom. The third kappa shape index (κ3) is 4.96. The lowest BCUT2D eigenvalue weighted by Gasteiger charge is -2.40. The fourth-order valence-corrected chi connectivity index (χ4v) is 4.24. The molecule has 0 unspecified atom stereocenters. The third-order valence-corrected chi connectivity index (χ3v) is 6.21. The molecule has 0 saturated carbocycles. The van der Waals surface area contributed by atoms with E-state index in [1.165, 1.54) is 7.11 Å². The number of benzene rings is 2. The standard InChI is InChI=1S/C24H28ClNO5/c1-4-31-23(28)24(16-17-7-5-6-8-20(17)25)11-13-26(14-12-24)22(27)19-15-18(29-2)9-10-21(19)30-3/h5-10,15H,4,11-14,16H2,1-3H3. The molecule has 2 aromatic rings. The molecule has 7 heteroatoms. The molecule has 6 nitrogen and oxygen atoms in total. The molecular formula is C24H28ClNO5. The number of piperidine rings is 1. The number of ether oxygens (including phenoxy) is 3. The number of halogens is 1. The zero-order chi connectivity index (χ0) is 22.4. The molecule has 0 aromatic heterocycles. The number of hydrogen-bond donors (Lipinski definition) is 0. The Morgan fingerprint density at radius 3 is 2.39 bits per heavy atom. The summed E-state index contributed by atoms with van der Waals surface area (Å²) in [4.78, 5) is 27.9. The molecule has 166 valence electrons. The Hall–Kier alpha value is -2.73. The number of likely N-dealkylation sites (tertiary alicyclic amines) is 1. The lowest BCUT2D eigenvalue weighted by Crippen LogP contribution is -2.48. The molecule has 1 amide bonds. The predicted octanol–water partition coefficient (Wildman–Crippen LogP) is 4.39. The number of methoxy groups -OCH3 is 2. The number of amides is 1. The van der Waals surface area contributed by atoms with Crippen molar-refractivity contribution in [2.24, 2.45) is 5.41 Å². The van der Waals surface area contributed by atoms with Crippen LogP contribution in [0.2, 0.25) is 5.02 Å². The van der Waals surface area contributed by atoms with Crippen molar-refractivity contribution in [3.8, 4) is 11.5 Å². The minimum Gasteiger partial charge on any atom is -0.497 e. The Labute approximate surface area is 188 Å². The van der Waals surface area contributed by atoms with Crippen LogP contribution in [-0.4, -0.2) is 50.7 Å². The van der Waals surface area contributed by atoms with Crippen LogP contribution in [0.5, 0.6) is 11.5 Å². The van der Waals surface area contributed by atoms with Gasteiger partial charge in [-0.05, 0) is 56.0 Å². The lowest BCUT2D eigenvalue weighted by atomic mass is 9.73. The minimum absolute atomic E-state index is 0.147. The second kappa shape index (κ2) is 10.1. The van der Waals surface area contributed by atoms with Crippen molar-refractivity contribution in [1.29, 1.82) is 0 Å². The van der Waals surface area contributed by atoms with Crippen molar-refractivity contribution in [2.45, 2.75) is 26.2 Å². The lowest BCUT2D eigenvalue weighted by molar-refractivity contribution is -0.158. The molecule has 1 fully saturated rings. The first-order valence-electron chi connectivity index (χ1n) is 10.4. The van der Waals surface area contributed by atoms with Crippen molar-refractivity contribution in [2.75, 3.05) is 33.9 Å². The van der Waals surface area contributed by atoms with Crippen molar-refractivity contribution < 1.29 is 23.8 Å². The van der Waals surface area contributed by atoms with Crippen LogP contribution in [-0.2, 0) is 16.0 Å². The van der Waals surface area contributed by atoms with Crippen molar-refractivity contribution in [3.63, 3.8) is 0 Å². The number of hydrogen-bond acceptors (Lipinski definition) is 5. The Bertz CT molecular complexity index is 937. The number of nitrogens with zero attached hydrogens (tertiary/aromatic N) is 1. The highest BCUT2D eigenvalue weighted by Crippen LogP contribution is 2.39. The predicted molar refractivity (Wildman–Crippen MR) is 119 cm³/mol.